The van der Waals surface area contributed by atoms with Crippen molar-refractivity contribution in [3.63, 3.8) is 0 Å². The standard InChI is InChI=1S/C26H28FN5O2S2/c1-16(2)15-32-25(34)22(36-26(32)35)13-18-17(3)19(14-28)24(33)29(4)23(18)31-11-9-30(10-12-31)21-8-6-5-7-20(21)27/h5-8,13,16H,9-12,15H2,1-4H3. The molecular weight excluding hydrogens is 497 g/mol. The number of aromatic nitrogens is 1. The second-order valence-corrected chi connectivity index (χ2v) is 11.0. The lowest BCUT2D eigenvalue weighted by Crippen LogP contribution is -2.48. The van der Waals surface area contributed by atoms with Gasteiger partial charge in [-0.1, -0.05) is 50.0 Å². The molecular formula is C26H28FN5O2S2. The summed E-state index contributed by atoms with van der Waals surface area (Å²) in [6.45, 7) is 8.52. The van der Waals surface area contributed by atoms with Crippen LogP contribution in [-0.4, -0.2) is 52.4 Å². The third-order valence-corrected chi connectivity index (χ3v) is 7.81. The fourth-order valence-electron chi connectivity index (χ4n) is 4.62. The van der Waals surface area contributed by atoms with Crippen LogP contribution in [0.25, 0.3) is 6.08 Å². The van der Waals surface area contributed by atoms with Crippen LogP contribution in [-0.2, 0) is 11.8 Å². The van der Waals surface area contributed by atoms with Crippen molar-refractivity contribution in [3.05, 3.63) is 62.0 Å². The first-order valence-corrected chi connectivity index (χ1v) is 13.0. The van der Waals surface area contributed by atoms with Crippen molar-refractivity contribution >= 4 is 51.8 Å². The largest absolute Gasteiger partial charge is 0.366 e. The van der Waals surface area contributed by atoms with E-state index in [2.05, 4.69) is 4.90 Å². The summed E-state index contributed by atoms with van der Waals surface area (Å²) in [7, 11) is 1.64. The van der Waals surface area contributed by atoms with E-state index in [1.165, 1.54) is 22.4 Å². The SMILES string of the molecule is Cc1c(C=C2SC(=S)N(CC(C)C)C2=O)c(N2CCN(c3ccccc3F)CC2)n(C)c(=O)c1C#N. The lowest BCUT2D eigenvalue weighted by molar-refractivity contribution is -0.122. The topological polar surface area (TPSA) is 72.6 Å². The Morgan fingerprint density at radius 3 is 2.42 bits per heavy atom. The minimum absolute atomic E-state index is 0.0511. The molecule has 2 fully saturated rings. The van der Waals surface area contributed by atoms with Crippen LogP contribution < -0.4 is 15.4 Å². The van der Waals surface area contributed by atoms with Gasteiger partial charge in [-0.3, -0.25) is 19.1 Å². The number of carbonyl (C=O) groups is 1. The number of piperazine rings is 1. The number of carbonyl (C=O) groups excluding carboxylic acids is 1. The molecule has 7 nitrogen and oxygen atoms in total. The van der Waals surface area contributed by atoms with Crippen molar-refractivity contribution in [3.8, 4) is 6.07 Å². The Labute approximate surface area is 219 Å². The van der Waals surface area contributed by atoms with E-state index in [0.29, 0.717) is 64.6 Å². The highest BCUT2D eigenvalue weighted by Gasteiger charge is 2.33. The summed E-state index contributed by atoms with van der Waals surface area (Å²) in [5.74, 6) is 0.467. The van der Waals surface area contributed by atoms with Crippen molar-refractivity contribution < 1.29 is 9.18 Å². The van der Waals surface area contributed by atoms with Gasteiger partial charge in [0, 0.05) is 45.3 Å². The summed E-state index contributed by atoms with van der Waals surface area (Å²) in [5.41, 5.74) is 1.40. The molecule has 2 saturated heterocycles. The molecule has 0 bridgehead atoms. The Morgan fingerprint density at radius 1 is 1.17 bits per heavy atom. The lowest BCUT2D eigenvalue weighted by Gasteiger charge is -2.38. The number of amides is 1. The smallest absolute Gasteiger partial charge is 0.270 e. The lowest BCUT2D eigenvalue weighted by atomic mass is 10.0. The highest BCUT2D eigenvalue weighted by atomic mass is 32.2. The Hall–Kier alpha value is -3.16. The summed E-state index contributed by atoms with van der Waals surface area (Å²) in [5, 5.41) is 9.69. The highest BCUT2D eigenvalue weighted by molar-refractivity contribution is 8.26. The predicted molar refractivity (Wildman–Crippen MR) is 147 cm³/mol. The molecule has 2 aromatic rings. The minimum Gasteiger partial charge on any atom is -0.366 e. The van der Waals surface area contributed by atoms with Crippen LogP contribution in [0.4, 0.5) is 15.9 Å². The van der Waals surface area contributed by atoms with Crippen LogP contribution in [0.5, 0.6) is 0 Å². The second kappa shape index (κ2) is 10.4. The fourth-order valence-corrected chi connectivity index (χ4v) is 5.87. The number of rotatable bonds is 5. The second-order valence-electron chi connectivity index (χ2n) is 9.32. The van der Waals surface area contributed by atoms with Gasteiger partial charge in [0.05, 0.1) is 10.6 Å². The van der Waals surface area contributed by atoms with E-state index in [9.17, 15) is 19.2 Å². The minimum atomic E-state index is -0.383. The van der Waals surface area contributed by atoms with E-state index in [0.717, 1.165) is 0 Å². The number of anilines is 2. The van der Waals surface area contributed by atoms with Crippen molar-refractivity contribution in [2.45, 2.75) is 20.8 Å². The first kappa shape index (κ1) is 25.9. The molecule has 10 heteroatoms. The van der Waals surface area contributed by atoms with Crippen molar-refractivity contribution in [2.75, 3.05) is 42.5 Å². The summed E-state index contributed by atoms with van der Waals surface area (Å²) < 4.78 is 16.3. The molecule has 1 aromatic carbocycles. The van der Waals surface area contributed by atoms with E-state index in [1.54, 1.807) is 37.1 Å². The third-order valence-electron chi connectivity index (χ3n) is 6.44. The monoisotopic (exact) mass is 525 g/mol. The molecule has 4 rings (SSSR count). The molecule has 188 valence electrons. The number of hydrogen-bond acceptors (Lipinski definition) is 7. The van der Waals surface area contributed by atoms with Gasteiger partial charge in [-0.2, -0.15) is 5.26 Å². The van der Waals surface area contributed by atoms with Gasteiger partial charge in [0.15, 0.2) is 0 Å². The zero-order valence-electron chi connectivity index (χ0n) is 20.7. The van der Waals surface area contributed by atoms with E-state index in [1.807, 2.05) is 30.9 Å². The molecule has 0 spiro atoms. The Balaban J connectivity index is 1.73. The number of thiocarbonyl (C=S) groups is 1. The molecule has 1 amide bonds. The summed E-state index contributed by atoms with van der Waals surface area (Å²) >= 11 is 6.69. The molecule has 0 saturated carbocycles. The number of nitrogens with zero attached hydrogens (tertiary/aromatic N) is 5. The van der Waals surface area contributed by atoms with Crippen LogP contribution in [0.2, 0.25) is 0 Å². The molecule has 1 aromatic heterocycles. The molecule has 36 heavy (non-hydrogen) atoms. The van der Waals surface area contributed by atoms with Gasteiger partial charge in [0.1, 0.15) is 27.6 Å². The molecule has 0 N–H and O–H groups in total. The number of nitriles is 1. The maximum Gasteiger partial charge on any atom is 0.270 e. The van der Waals surface area contributed by atoms with Crippen molar-refractivity contribution in [2.24, 2.45) is 13.0 Å². The average Bonchev–Trinajstić information content (AvgIpc) is 3.10. The van der Waals surface area contributed by atoms with Gasteiger partial charge < -0.3 is 9.80 Å². The number of halogens is 1. The van der Waals surface area contributed by atoms with Crippen LogP contribution in [0.1, 0.15) is 30.5 Å². The van der Waals surface area contributed by atoms with Crippen molar-refractivity contribution in [1.82, 2.24) is 9.47 Å². The zero-order valence-corrected chi connectivity index (χ0v) is 22.4. The van der Waals surface area contributed by atoms with Crippen LogP contribution in [0, 0.1) is 30.0 Å². The number of pyridine rings is 1. The first-order valence-electron chi connectivity index (χ1n) is 11.8. The normalized spacial score (nSPS) is 17.5. The molecule has 2 aliphatic heterocycles. The number of benzene rings is 1. The summed E-state index contributed by atoms with van der Waals surface area (Å²) in [6, 6.07) is 8.72. The molecule has 0 radical (unpaired) electrons. The quantitative estimate of drug-likeness (QED) is 0.433. The van der Waals surface area contributed by atoms with Crippen LogP contribution in [0.3, 0.4) is 0 Å². The van der Waals surface area contributed by atoms with Crippen LogP contribution in [0.15, 0.2) is 34.0 Å². The Morgan fingerprint density at radius 2 is 1.81 bits per heavy atom. The molecule has 0 aliphatic carbocycles. The average molecular weight is 526 g/mol. The van der Waals surface area contributed by atoms with Gasteiger partial charge in [0.2, 0.25) is 0 Å². The van der Waals surface area contributed by atoms with Gasteiger partial charge in [0.25, 0.3) is 11.5 Å². The first-order chi connectivity index (χ1) is 17.1. The predicted octanol–water partition coefficient (Wildman–Crippen LogP) is 3.89. The Bertz CT molecular complexity index is 1350. The van der Waals surface area contributed by atoms with Gasteiger partial charge in [-0.25, -0.2) is 4.39 Å². The maximum absolute atomic E-state index is 14.3. The summed E-state index contributed by atoms with van der Waals surface area (Å²) in [4.78, 5) is 32.3. The number of para-hydroxylation sites is 1. The highest BCUT2D eigenvalue weighted by Crippen LogP contribution is 2.36. The molecule has 2 aliphatic rings. The fraction of sp³-hybridized carbons (Fsp3) is 0.385. The molecule has 3 heterocycles. The molecule has 0 atom stereocenters. The van der Waals surface area contributed by atoms with E-state index in [4.69, 9.17) is 12.2 Å². The number of thioether (sulfide) groups is 1. The molecule has 0 unspecified atom stereocenters. The van der Waals surface area contributed by atoms with Gasteiger partial charge in [-0.05, 0) is 36.6 Å². The van der Waals surface area contributed by atoms with E-state index in [-0.39, 0.29) is 28.8 Å². The van der Waals surface area contributed by atoms with E-state index >= 15 is 0 Å². The van der Waals surface area contributed by atoms with Crippen molar-refractivity contribution in [1.29, 1.82) is 5.26 Å². The zero-order chi connectivity index (χ0) is 26.1. The maximum atomic E-state index is 14.3. The third kappa shape index (κ3) is 4.77. The van der Waals surface area contributed by atoms with Gasteiger partial charge >= 0.3 is 0 Å². The Kier molecular flexibility index (Phi) is 7.52. The number of hydrogen-bond donors (Lipinski definition) is 0. The summed E-state index contributed by atoms with van der Waals surface area (Å²) in [6.07, 6.45) is 1.76. The van der Waals surface area contributed by atoms with Gasteiger partial charge in [-0.15, -0.1) is 0 Å². The van der Waals surface area contributed by atoms with Crippen LogP contribution >= 0.6 is 24.0 Å². The van der Waals surface area contributed by atoms with E-state index < -0.39 is 0 Å².